The predicted octanol–water partition coefficient (Wildman–Crippen LogP) is 4.15. The molecule has 3 aromatic rings. The van der Waals surface area contributed by atoms with Crippen LogP contribution >= 0.6 is 0 Å². The second-order valence-corrected chi connectivity index (χ2v) is 10.3. The van der Waals surface area contributed by atoms with Crippen LogP contribution in [0.2, 0.25) is 0 Å². The average molecular weight is 435 g/mol. The molecule has 2 heterocycles. The van der Waals surface area contributed by atoms with E-state index in [0.717, 1.165) is 46.8 Å². The molecule has 2 aliphatic rings. The Balaban J connectivity index is 1.35. The van der Waals surface area contributed by atoms with Gasteiger partial charge in [0.15, 0.2) is 0 Å². The summed E-state index contributed by atoms with van der Waals surface area (Å²) in [5.74, 6) is 0.0423. The zero-order valence-corrected chi connectivity index (χ0v) is 18.3. The molecule has 3 aromatic carbocycles. The van der Waals surface area contributed by atoms with Crippen LogP contribution in [0.3, 0.4) is 0 Å². The van der Waals surface area contributed by atoms with Crippen LogP contribution in [0.25, 0.3) is 10.8 Å². The van der Waals surface area contributed by atoms with Crippen molar-refractivity contribution in [3.63, 3.8) is 0 Å². The third-order valence-corrected chi connectivity index (χ3v) is 8.26. The number of rotatable bonds is 4. The van der Waals surface area contributed by atoms with Gasteiger partial charge in [0.25, 0.3) is 0 Å². The summed E-state index contributed by atoms with van der Waals surface area (Å²) in [6, 6.07) is 19.5. The van der Waals surface area contributed by atoms with Crippen LogP contribution in [0.4, 0.5) is 5.69 Å². The molecule has 1 saturated heterocycles. The molecule has 31 heavy (non-hydrogen) atoms. The Hall–Kier alpha value is -2.70. The van der Waals surface area contributed by atoms with E-state index in [9.17, 15) is 13.2 Å². The molecule has 0 aromatic heterocycles. The van der Waals surface area contributed by atoms with E-state index in [1.54, 1.807) is 27.4 Å². The number of carbonyl (C=O) groups is 1. The lowest BCUT2D eigenvalue weighted by atomic mass is 10.0. The second-order valence-electron chi connectivity index (χ2n) is 8.41. The molecule has 0 radical (unpaired) electrons. The lowest BCUT2D eigenvalue weighted by Gasteiger charge is -2.26. The summed E-state index contributed by atoms with van der Waals surface area (Å²) in [7, 11) is -3.46. The maximum absolute atomic E-state index is 13.0. The van der Waals surface area contributed by atoms with Crippen molar-refractivity contribution in [2.45, 2.75) is 37.0 Å². The van der Waals surface area contributed by atoms with Gasteiger partial charge in [-0.25, -0.2) is 8.42 Å². The van der Waals surface area contributed by atoms with Crippen molar-refractivity contribution in [2.75, 3.05) is 24.5 Å². The highest BCUT2D eigenvalue weighted by molar-refractivity contribution is 7.89. The lowest BCUT2D eigenvalue weighted by molar-refractivity contribution is -0.117. The van der Waals surface area contributed by atoms with E-state index in [1.165, 1.54) is 0 Å². The Bertz CT molecular complexity index is 1250. The number of hydrogen-bond acceptors (Lipinski definition) is 3. The summed E-state index contributed by atoms with van der Waals surface area (Å²) in [5, 5.41) is 2.29. The smallest absolute Gasteiger partial charge is 0.243 e. The van der Waals surface area contributed by atoms with E-state index in [2.05, 4.69) is 18.2 Å². The van der Waals surface area contributed by atoms with E-state index in [0.29, 0.717) is 37.4 Å². The maximum Gasteiger partial charge on any atom is 0.243 e. The minimum Gasteiger partial charge on any atom is -0.312 e. The molecule has 5 rings (SSSR count). The molecule has 0 saturated carbocycles. The van der Waals surface area contributed by atoms with Crippen LogP contribution in [-0.2, 0) is 27.7 Å². The van der Waals surface area contributed by atoms with E-state index in [1.807, 2.05) is 24.3 Å². The molecule has 6 heteroatoms. The number of sulfonamides is 1. The quantitative estimate of drug-likeness (QED) is 0.620. The monoisotopic (exact) mass is 434 g/mol. The van der Waals surface area contributed by atoms with Crippen LogP contribution in [0.1, 0.15) is 30.4 Å². The topological polar surface area (TPSA) is 57.7 Å². The third-order valence-electron chi connectivity index (χ3n) is 6.37. The Kier molecular flexibility index (Phi) is 5.28. The first-order valence-corrected chi connectivity index (χ1v) is 12.4. The van der Waals surface area contributed by atoms with Crippen LogP contribution < -0.4 is 4.90 Å². The molecule has 0 spiro atoms. The van der Waals surface area contributed by atoms with Crippen molar-refractivity contribution in [3.8, 4) is 0 Å². The van der Waals surface area contributed by atoms with Gasteiger partial charge in [-0.15, -0.1) is 0 Å². The largest absolute Gasteiger partial charge is 0.312 e. The van der Waals surface area contributed by atoms with Crippen molar-refractivity contribution in [3.05, 3.63) is 71.8 Å². The van der Waals surface area contributed by atoms with Gasteiger partial charge in [0.1, 0.15) is 0 Å². The summed E-state index contributed by atoms with van der Waals surface area (Å²) in [5.41, 5.74) is 2.76. The van der Waals surface area contributed by atoms with Crippen molar-refractivity contribution in [1.29, 1.82) is 0 Å². The first-order chi connectivity index (χ1) is 15.0. The number of benzene rings is 3. The average Bonchev–Trinajstić information content (AvgIpc) is 3.23. The van der Waals surface area contributed by atoms with E-state index in [4.69, 9.17) is 0 Å². The van der Waals surface area contributed by atoms with Gasteiger partial charge in [-0.05, 0) is 59.4 Å². The highest BCUT2D eigenvalue weighted by atomic mass is 32.2. The van der Waals surface area contributed by atoms with Gasteiger partial charge >= 0.3 is 0 Å². The highest BCUT2D eigenvalue weighted by Gasteiger charge is 2.30. The second kappa shape index (κ2) is 8.09. The number of fused-ring (bicyclic) bond motifs is 2. The van der Waals surface area contributed by atoms with Gasteiger partial charge in [0.2, 0.25) is 15.9 Å². The SMILES string of the molecule is O=C(Cc1ccc2ccccc2c1)N1CCc2cc(S(=O)(=O)N3CCCCC3)ccc21. The number of anilines is 1. The van der Waals surface area contributed by atoms with Crippen LogP contribution in [0.5, 0.6) is 0 Å². The van der Waals surface area contributed by atoms with Crippen molar-refractivity contribution < 1.29 is 13.2 Å². The summed E-state index contributed by atoms with van der Waals surface area (Å²) >= 11 is 0. The molecule has 0 atom stereocenters. The Morgan fingerprint density at radius 3 is 2.42 bits per heavy atom. The third kappa shape index (κ3) is 3.86. The van der Waals surface area contributed by atoms with Gasteiger partial charge < -0.3 is 4.90 Å². The molecular formula is C25H26N2O3S. The molecule has 1 fully saturated rings. The molecule has 0 unspecified atom stereocenters. The predicted molar refractivity (Wildman–Crippen MR) is 123 cm³/mol. The van der Waals surface area contributed by atoms with Crippen molar-refractivity contribution in [1.82, 2.24) is 4.31 Å². The summed E-state index contributed by atoms with van der Waals surface area (Å²) in [4.78, 5) is 15.2. The molecule has 2 aliphatic heterocycles. The normalized spacial score (nSPS) is 17.1. The Labute approximate surface area is 183 Å². The summed E-state index contributed by atoms with van der Waals surface area (Å²) in [6.45, 7) is 1.78. The summed E-state index contributed by atoms with van der Waals surface area (Å²) in [6.07, 6.45) is 3.94. The minimum absolute atomic E-state index is 0.0423. The van der Waals surface area contributed by atoms with Gasteiger partial charge in [-0.3, -0.25) is 4.79 Å². The Morgan fingerprint density at radius 2 is 1.61 bits per heavy atom. The molecule has 0 N–H and O–H groups in total. The first-order valence-electron chi connectivity index (χ1n) is 10.9. The standard InChI is InChI=1S/C25H26N2O3S/c28-25(17-19-8-9-20-6-2-3-7-21(20)16-19)27-15-12-22-18-23(10-11-24(22)27)31(29,30)26-13-4-1-5-14-26/h2-3,6-11,16,18H,1,4-5,12-15,17H2. The van der Waals surface area contributed by atoms with Gasteiger partial charge in [0.05, 0.1) is 11.3 Å². The van der Waals surface area contributed by atoms with Crippen molar-refractivity contribution in [2.24, 2.45) is 0 Å². The lowest BCUT2D eigenvalue weighted by Crippen LogP contribution is -2.35. The zero-order chi connectivity index (χ0) is 21.4. The summed E-state index contributed by atoms with van der Waals surface area (Å²) < 4.78 is 27.6. The van der Waals surface area contributed by atoms with E-state index >= 15 is 0 Å². The van der Waals surface area contributed by atoms with Gasteiger partial charge in [0, 0.05) is 25.3 Å². The van der Waals surface area contributed by atoms with Crippen LogP contribution in [0.15, 0.2) is 65.6 Å². The number of amides is 1. The molecular weight excluding hydrogens is 408 g/mol. The molecule has 5 nitrogen and oxygen atoms in total. The maximum atomic E-state index is 13.0. The zero-order valence-electron chi connectivity index (χ0n) is 17.5. The first kappa shape index (κ1) is 20.2. The fourth-order valence-electron chi connectivity index (χ4n) is 4.67. The molecule has 160 valence electrons. The van der Waals surface area contributed by atoms with Gasteiger partial charge in [-0.2, -0.15) is 4.31 Å². The molecule has 1 amide bonds. The number of nitrogens with zero attached hydrogens (tertiary/aromatic N) is 2. The number of carbonyl (C=O) groups excluding carboxylic acids is 1. The van der Waals surface area contributed by atoms with Crippen molar-refractivity contribution >= 4 is 32.4 Å². The Morgan fingerprint density at radius 1 is 0.839 bits per heavy atom. The fourth-order valence-corrected chi connectivity index (χ4v) is 6.24. The van der Waals surface area contributed by atoms with Crippen LogP contribution in [-0.4, -0.2) is 38.3 Å². The van der Waals surface area contributed by atoms with Crippen LogP contribution in [0, 0.1) is 0 Å². The van der Waals surface area contributed by atoms with E-state index < -0.39 is 10.0 Å². The van der Waals surface area contributed by atoms with E-state index in [-0.39, 0.29) is 5.91 Å². The molecule has 0 aliphatic carbocycles. The minimum atomic E-state index is -3.46. The number of piperidine rings is 1. The number of hydrogen-bond donors (Lipinski definition) is 0. The highest BCUT2D eigenvalue weighted by Crippen LogP contribution is 2.32. The fraction of sp³-hybridized carbons (Fsp3) is 0.320. The van der Waals surface area contributed by atoms with Gasteiger partial charge in [-0.1, -0.05) is 48.9 Å². The molecule has 0 bridgehead atoms.